The minimum atomic E-state index is -0.0522. The first kappa shape index (κ1) is 14.6. The van der Waals surface area contributed by atoms with E-state index in [2.05, 4.69) is 30.5 Å². The van der Waals surface area contributed by atoms with E-state index in [9.17, 15) is 4.79 Å². The highest BCUT2D eigenvalue weighted by Gasteiger charge is 2.30. The largest absolute Gasteiger partial charge is 0.324 e. The molecular weight excluding hydrogens is 260 g/mol. The molecule has 1 heterocycles. The number of carbonyl (C=O) groups is 1. The van der Waals surface area contributed by atoms with Gasteiger partial charge in [-0.15, -0.1) is 0 Å². The van der Waals surface area contributed by atoms with Crippen LogP contribution in [0.3, 0.4) is 0 Å². The zero-order valence-corrected chi connectivity index (χ0v) is 13.1. The van der Waals surface area contributed by atoms with Crippen molar-refractivity contribution in [3.05, 3.63) is 29.8 Å². The van der Waals surface area contributed by atoms with Crippen molar-refractivity contribution < 1.29 is 4.79 Å². The monoisotopic (exact) mass is 286 g/mol. The molecule has 21 heavy (non-hydrogen) atoms. The number of hydrogen-bond donors (Lipinski definition) is 2. The quantitative estimate of drug-likeness (QED) is 0.873. The fourth-order valence-corrected chi connectivity index (χ4v) is 3.52. The molecule has 1 aliphatic heterocycles. The average molecular weight is 286 g/mol. The predicted molar refractivity (Wildman–Crippen MR) is 86.4 cm³/mol. The highest BCUT2D eigenvalue weighted by atomic mass is 16.2. The van der Waals surface area contributed by atoms with Gasteiger partial charge >= 0.3 is 0 Å². The lowest BCUT2D eigenvalue weighted by Crippen LogP contribution is -2.47. The van der Waals surface area contributed by atoms with Crippen molar-refractivity contribution in [2.45, 2.75) is 64.5 Å². The molecule has 1 amide bonds. The second kappa shape index (κ2) is 5.80. The number of aryl methyl sites for hydroxylation is 1. The van der Waals surface area contributed by atoms with Crippen molar-refractivity contribution in [1.82, 2.24) is 5.32 Å². The summed E-state index contributed by atoms with van der Waals surface area (Å²) in [5.74, 6) is 0.129. The molecule has 1 fully saturated rings. The zero-order chi connectivity index (χ0) is 14.9. The third kappa shape index (κ3) is 3.46. The Labute approximate surface area is 127 Å². The molecular formula is C18H26N2O. The summed E-state index contributed by atoms with van der Waals surface area (Å²) < 4.78 is 0. The molecule has 1 aromatic carbocycles. The van der Waals surface area contributed by atoms with E-state index < -0.39 is 0 Å². The Kier molecular flexibility index (Phi) is 4.03. The number of anilines is 1. The van der Waals surface area contributed by atoms with Crippen LogP contribution in [0.2, 0.25) is 0 Å². The fourth-order valence-electron chi connectivity index (χ4n) is 3.52. The van der Waals surface area contributed by atoms with Gasteiger partial charge < -0.3 is 10.6 Å². The van der Waals surface area contributed by atoms with E-state index in [0.29, 0.717) is 11.5 Å². The SMILES string of the molecule is CC1(C)CCC(NC2CCc3ccccc3NC2=O)CC1. The van der Waals surface area contributed by atoms with Crippen LogP contribution >= 0.6 is 0 Å². The number of nitrogens with one attached hydrogen (secondary N) is 2. The number of rotatable bonds is 2. The molecule has 1 unspecified atom stereocenters. The van der Waals surface area contributed by atoms with Crippen molar-refractivity contribution in [1.29, 1.82) is 0 Å². The van der Waals surface area contributed by atoms with Gasteiger partial charge in [0.05, 0.1) is 6.04 Å². The van der Waals surface area contributed by atoms with Gasteiger partial charge in [0.25, 0.3) is 0 Å². The van der Waals surface area contributed by atoms with Gasteiger partial charge in [-0.1, -0.05) is 32.0 Å². The molecule has 2 N–H and O–H groups in total. The van der Waals surface area contributed by atoms with Crippen molar-refractivity contribution >= 4 is 11.6 Å². The van der Waals surface area contributed by atoms with Gasteiger partial charge in [-0.3, -0.25) is 4.79 Å². The Balaban J connectivity index is 1.61. The van der Waals surface area contributed by atoms with Gasteiger partial charge in [-0.2, -0.15) is 0 Å². The standard InChI is InChI=1S/C18H26N2O/c1-18(2)11-9-14(10-12-18)19-16-8-7-13-5-3-4-6-15(13)20-17(16)21/h3-6,14,16,19H,7-12H2,1-2H3,(H,20,21). The number of carbonyl (C=O) groups excluding carboxylic acids is 1. The minimum absolute atomic E-state index is 0.0522. The second-order valence-electron chi connectivity index (χ2n) is 7.34. The topological polar surface area (TPSA) is 41.1 Å². The van der Waals surface area contributed by atoms with E-state index >= 15 is 0 Å². The van der Waals surface area contributed by atoms with Crippen LogP contribution < -0.4 is 10.6 Å². The molecule has 1 aliphatic carbocycles. The molecule has 2 aliphatic rings. The molecule has 0 aromatic heterocycles. The molecule has 3 heteroatoms. The van der Waals surface area contributed by atoms with E-state index in [1.54, 1.807) is 0 Å². The molecule has 0 spiro atoms. The maximum absolute atomic E-state index is 12.4. The summed E-state index contributed by atoms with van der Waals surface area (Å²) >= 11 is 0. The molecule has 3 rings (SSSR count). The van der Waals surface area contributed by atoms with Crippen molar-refractivity contribution in [2.75, 3.05) is 5.32 Å². The highest BCUT2D eigenvalue weighted by molar-refractivity contribution is 5.96. The number of fused-ring (bicyclic) bond motifs is 1. The Morgan fingerprint density at radius 3 is 2.62 bits per heavy atom. The Morgan fingerprint density at radius 2 is 1.86 bits per heavy atom. The maximum atomic E-state index is 12.4. The van der Waals surface area contributed by atoms with Gasteiger partial charge in [0.15, 0.2) is 0 Å². The van der Waals surface area contributed by atoms with Gasteiger partial charge in [0, 0.05) is 11.7 Å². The summed E-state index contributed by atoms with van der Waals surface area (Å²) in [4.78, 5) is 12.4. The summed E-state index contributed by atoms with van der Waals surface area (Å²) in [6.07, 6.45) is 6.72. The van der Waals surface area contributed by atoms with E-state index in [1.807, 2.05) is 18.2 Å². The lowest BCUT2D eigenvalue weighted by molar-refractivity contribution is -0.118. The number of benzene rings is 1. The van der Waals surface area contributed by atoms with Crippen molar-refractivity contribution in [3.63, 3.8) is 0 Å². The smallest absolute Gasteiger partial charge is 0.241 e. The number of amides is 1. The van der Waals surface area contributed by atoms with Crippen LogP contribution in [-0.2, 0) is 11.2 Å². The van der Waals surface area contributed by atoms with E-state index in [-0.39, 0.29) is 11.9 Å². The zero-order valence-electron chi connectivity index (χ0n) is 13.1. The molecule has 0 saturated heterocycles. The lowest BCUT2D eigenvalue weighted by atomic mass is 9.75. The fraction of sp³-hybridized carbons (Fsp3) is 0.611. The Morgan fingerprint density at radius 1 is 1.14 bits per heavy atom. The summed E-state index contributed by atoms with van der Waals surface area (Å²) in [5.41, 5.74) is 2.71. The van der Waals surface area contributed by atoms with Gasteiger partial charge in [-0.05, 0) is 55.6 Å². The Hall–Kier alpha value is -1.35. The minimum Gasteiger partial charge on any atom is -0.324 e. The third-order valence-corrected chi connectivity index (χ3v) is 5.07. The van der Waals surface area contributed by atoms with E-state index in [0.717, 1.165) is 18.5 Å². The molecule has 1 saturated carbocycles. The van der Waals surface area contributed by atoms with Crippen LogP contribution in [0.5, 0.6) is 0 Å². The lowest BCUT2D eigenvalue weighted by Gasteiger charge is -2.36. The summed E-state index contributed by atoms with van der Waals surface area (Å²) in [5, 5.41) is 6.68. The van der Waals surface area contributed by atoms with Crippen LogP contribution in [0, 0.1) is 5.41 Å². The van der Waals surface area contributed by atoms with E-state index in [1.165, 1.54) is 31.2 Å². The van der Waals surface area contributed by atoms with Gasteiger partial charge in [-0.25, -0.2) is 0 Å². The molecule has 0 radical (unpaired) electrons. The Bertz CT molecular complexity index is 514. The number of hydrogen-bond acceptors (Lipinski definition) is 2. The summed E-state index contributed by atoms with van der Waals surface area (Å²) in [6, 6.07) is 8.58. The summed E-state index contributed by atoms with van der Waals surface area (Å²) in [6.45, 7) is 4.69. The molecule has 114 valence electrons. The maximum Gasteiger partial charge on any atom is 0.241 e. The second-order valence-corrected chi connectivity index (χ2v) is 7.34. The molecule has 1 aromatic rings. The highest BCUT2D eigenvalue weighted by Crippen LogP contribution is 2.35. The normalized spacial score (nSPS) is 25.8. The van der Waals surface area contributed by atoms with Crippen LogP contribution in [0.25, 0.3) is 0 Å². The first-order chi connectivity index (χ1) is 10.0. The first-order valence-electron chi connectivity index (χ1n) is 8.18. The predicted octanol–water partition coefficient (Wildman–Crippen LogP) is 3.50. The molecule has 0 bridgehead atoms. The van der Waals surface area contributed by atoms with Gasteiger partial charge in [0.1, 0.15) is 0 Å². The molecule has 1 atom stereocenters. The third-order valence-electron chi connectivity index (χ3n) is 5.07. The van der Waals surface area contributed by atoms with Crippen molar-refractivity contribution in [2.24, 2.45) is 5.41 Å². The molecule has 3 nitrogen and oxygen atoms in total. The van der Waals surface area contributed by atoms with Crippen LogP contribution in [0.1, 0.15) is 51.5 Å². The van der Waals surface area contributed by atoms with Crippen molar-refractivity contribution in [3.8, 4) is 0 Å². The van der Waals surface area contributed by atoms with Gasteiger partial charge in [0.2, 0.25) is 5.91 Å². The number of para-hydroxylation sites is 1. The average Bonchev–Trinajstić information content (AvgIpc) is 2.61. The van der Waals surface area contributed by atoms with Crippen LogP contribution in [0.15, 0.2) is 24.3 Å². The van der Waals surface area contributed by atoms with E-state index in [4.69, 9.17) is 0 Å². The van der Waals surface area contributed by atoms with Crippen LogP contribution in [0.4, 0.5) is 5.69 Å². The summed E-state index contributed by atoms with van der Waals surface area (Å²) in [7, 11) is 0. The first-order valence-corrected chi connectivity index (χ1v) is 8.18. The van der Waals surface area contributed by atoms with Crippen LogP contribution in [-0.4, -0.2) is 18.0 Å².